The predicted molar refractivity (Wildman–Crippen MR) is 83.3 cm³/mol. The van der Waals surface area contributed by atoms with E-state index < -0.39 is 0 Å². The summed E-state index contributed by atoms with van der Waals surface area (Å²) in [6.07, 6.45) is 0.875. The van der Waals surface area contributed by atoms with Crippen LogP contribution in [0.25, 0.3) is 0 Å². The second kappa shape index (κ2) is 7.48. The number of carbonyl (C=O) groups excluding carboxylic acids is 1. The van der Waals surface area contributed by atoms with Crippen LogP contribution in [0, 0.1) is 0 Å². The lowest BCUT2D eigenvalue weighted by molar-refractivity contribution is 0.0917. The third-order valence-electron chi connectivity index (χ3n) is 3.20. The molecule has 0 aliphatic rings. The molecule has 3 heteroatoms. The molecule has 0 aliphatic carbocycles. The van der Waals surface area contributed by atoms with Crippen LogP contribution in [-0.2, 0) is 6.42 Å². The summed E-state index contributed by atoms with van der Waals surface area (Å²) in [7, 11) is 0. The Morgan fingerprint density at radius 2 is 1.57 bits per heavy atom. The number of benzene rings is 2. The minimum Gasteiger partial charge on any atom is -0.493 e. The first kappa shape index (κ1) is 15.1. The Morgan fingerprint density at radius 3 is 2.29 bits per heavy atom. The van der Waals surface area contributed by atoms with Crippen LogP contribution in [-0.4, -0.2) is 19.0 Å². The first-order valence-corrected chi connectivity index (χ1v) is 7.22. The molecule has 3 nitrogen and oxygen atoms in total. The van der Waals surface area contributed by atoms with Crippen molar-refractivity contribution in [2.24, 2.45) is 0 Å². The van der Waals surface area contributed by atoms with Crippen molar-refractivity contribution >= 4 is 5.78 Å². The summed E-state index contributed by atoms with van der Waals surface area (Å²) < 4.78 is 11.2. The topological polar surface area (TPSA) is 35.5 Å². The predicted octanol–water partition coefficient (Wildman–Crippen LogP) is 3.91. The van der Waals surface area contributed by atoms with E-state index in [1.165, 1.54) is 0 Å². The monoisotopic (exact) mass is 284 g/mol. The summed E-state index contributed by atoms with van der Waals surface area (Å²) in [5.41, 5.74) is 1.66. The first-order chi connectivity index (χ1) is 10.3. The molecule has 0 bridgehead atoms. The highest BCUT2D eigenvalue weighted by Gasteiger charge is 2.13. The van der Waals surface area contributed by atoms with Crippen molar-refractivity contribution in [3.63, 3.8) is 0 Å². The van der Waals surface area contributed by atoms with E-state index in [0.717, 1.165) is 17.7 Å². The third-order valence-corrected chi connectivity index (χ3v) is 3.20. The fourth-order valence-electron chi connectivity index (χ4n) is 2.14. The van der Waals surface area contributed by atoms with Crippen LogP contribution in [0.2, 0.25) is 0 Å². The fourth-order valence-corrected chi connectivity index (χ4v) is 2.14. The Hall–Kier alpha value is -2.29. The number of hydrogen-bond acceptors (Lipinski definition) is 3. The van der Waals surface area contributed by atoms with Gasteiger partial charge in [0.1, 0.15) is 11.5 Å². The minimum atomic E-state index is -0.0787. The lowest BCUT2D eigenvalue weighted by Crippen LogP contribution is -2.13. The smallest absolute Gasteiger partial charge is 0.203 e. The number of Topliss-reactive ketones (excluding diaryl/α,β-unsaturated/α-hetero) is 1. The van der Waals surface area contributed by atoms with Crippen LogP contribution < -0.4 is 9.47 Å². The van der Waals surface area contributed by atoms with Crippen LogP contribution in [0.15, 0.2) is 48.5 Å². The molecule has 0 radical (unpaired) electrons. The zero-order valence-corrected chi connectivity index (χ0v) is 12.5. The quantitative estimate of drug-likeness (QED) is 0.723. The Kier molecular flexibility index (Phi) is 5.38. The molecule has 2 aromatic rings. The summed E-state index contributed by atoms with van der Waals surface area (Å²) in [5, 5.41) is 0. The molecule has 0 atom stereocenters. The molecule has 110 valence electrons. The first-order valence-electron chi connectivity index (χ1n) is 7.22. The molecule has 2 rings (SSSR count). The third kappa shape index (κ3) is 3.85. The van der Waals surface area contributed by atoms with Crippen molar-refractivity contribution in [1.29, 1.82) is 0 Å². The van der Waals surface area contributed by atoms with E-state index in [-0.39, 0.29) is 12.4 Å². The van der Waals surface area contributed by atoms with Gasteiger partial charge in [-0.1, -0.05) is 37.3 Å². The molecule has 21 heavy (non-hydrogen) atoms. The van der Waals surface area contributed by atoms with Crippen molar-refractivity contribution in [3.8, 4) is 11.5 Å². The number of carbonyl (C=O) groups is 1. The van der Waals surface area contributed by atoms with Crippen molar-refractivity contribution in [2.75, 3.05) is 13.2 Å². The van der Waals surface area contributed by atoms with Crippen molar-refractivity contribution in [2.45, 2.75) is 20.3 Å². The maximum atomic E-state index is 12.3. The maximum Gasteiger partial charge on any atom is 0.203 e. The van der Waals surface area contributed by atoms with E-state index in [4.69, 9.17) is 9.47 Å². The summed E-state index contributed by atoms with van der Waals surface area (Å²) >= 11 is 0. The summed E-state index contributed by atoms with van der Waals surface area (Å²) in [4.78, 5) is 12.3. The maximum absolute atomic E-state index is 12.3. The number of aryl methyl sites for hydroxylation is 1. The second-order valence-corrected chi connectivity index (χ2v) is 4.60. The van der Waals surface area contributed by atoms with Gasteiger partial charge in [-0.05, 0) is 37.1 Å². The highest BCUT2D eigenvalue weighted by atomic mass is 16.5. The van der Waals surface area contributed by atoms with Crippen molar-refractivity contribution in [1.82, 2.24) is 0 Å². The van der Waals surface area contributed by atoms with Gasteiger partial charge in [0.15, 0.2) is 6.61 Å². The van der Waals surface area contributed by atoms with Gasteiger partial charge in [0, 0.05) is 0 Å². The normalized spacial score (nSPS) is 10.2. The lowest BCUT2D eigenvalue weighted by atomic mass is 10.1. The molecule has 0 amide bonds. The van der Waals surface area contributed by atoms with Crippen LogP contribution >= 0.6 is 0 Å². The summed E-state index contributed by atoms with van der Waals surface area (Å²) in [5.74, 6) is 1.30. The Labute approximate surface area is 125 Å². The van der Waals surface area contributed by atoms with Gasteiger partial charge < -0.3 is 9.47 Å². The van der Waals surface area contributed by atoms with E-state index in [0.29, 0.717) is 17.9 Å². The molecular weight excluding hydrogens is 264 g/mol. The lowest BCUT2D eigenvalue weighted by Gasteiger charge is -2.11. The molecule has 0 aromatic heterocycles. The fraction of sp³-hybridized carbons (Fsp3) is 0.278. The highest BCUT2D eigenvalue weighted by Crippen LogP contribution is 2.21. The molecule has 2 aromatic carbocycles. The second-order valence-electron chi connectivity index (χ2n) is 4.60. The summed E-state index contributed by atoms with van der Waals surface area (Å²) in [6, 6.07) is 15.0. The van der Waals surface area contributed by atoms with Crippen LogP contribution in [0.4, 0.5) is 0 Å². The van der Waals surface area contributed by atoms with E-state index in [2.05, 4.69) is 6.92 Å². The van der Waals surface area contributed by atoms with Gasteiger partial charge in [0.05, 0.1) is 12.2 Å². The van der Waals surface area contributed by atoms with Crippen molar-refractivity contribution in [3.05, 3.63) is 59.7 Å². The number of ketones is 1. The molecule has 0 N–H and O–H groups in total. The number of hydrogen-bond donors (Lipinski definition) is 0. The zero-order valence-electron chi connectivity index (χ0n) is 12.5. The molecule has 0 saturated heterocycles. The van der Waals surface area contributed by atoms with Gasteiger partial charge in [-0.3, -0.25) is 4.79 Å². The van der Waals surface area contributed by atoms with Gasteiger partial charge in [-0.2, -0.15) is 0 Å². The Bertz CT molecular complexity index is 605. The van der Waals surface area contributed by atoms with Crippen LogP contribution in [0.5, 0.6) is 11.5 Å². The average Bonchev–Trinajstić information content (AvgIpc) is 2.53. The van der Waals surface area contributed by atoms with Gasteiger partial charge in [-0.25, -0.2) is 0 Å². The van der Waals surface area contributed by atoms with E-state index >= 15 is 0 Å². The Balaban J connectivity index is 2.08. The SMILES string of the molecule is CCOc1ccccc1C(=O)COc1ccccc1CC. The number of para-hydroxylation sites is 2. The van der Waals surface area contributed by atoms with Crippen molar-refractivity contribution < 1.29 is 14.3 Å². The molecule has 0 spiro atoms. The largest absolute Gasteiger partial charge is 0.493 e. The minimum absolute atomic E-state index is 0.0150. The molecule has 0 heterocycles. The molecule has 0 saturated carbocycles. The molecule has 0 fully saturated rings. The standard InChI is InChI=1S/C18H20O3/c1-3-14-9-5-7-11-17(14)21-13-16(19)15-10-6-8-12-18(15)20-4-2/h5-12H,3-4,13H2,1-2H3. The van der Waals surface area contributed by atoms with E-state index in [9.17, 15) is 4.79 Å². The van der Waals surface area contributed by atoms with Crippen LogP contribution in [0.3, 0.4) is 0 Å². The highest BCUT2D eigenvalue weighted by molar-refractivity contribution is 5.99. The zero-order chi connectivity index (χ0) is 15.1. The van der Waals surface area contributed by atoms with E-state index in [1.54, 1.807) is 12.1 Å². The average molecular weight is 284 g/mol. The van der Waals surface area contributed by atoms with Gasteiger partial charge in [-0.15, -0.1) is 0 Å². The van der Waals surface area contributed by atoms with Crippen LogP contribution in [0.1, 0.15) is 29.8 Å². The number of ether oxygens (including phenoxy) is 2. The molecule has 0 aliphatic heterocycles. The van der Waals surface area contributed by atoms with Gasteiger partial charge in [0.25, 0.3) is 0 Å². The van der Waals surface area contributed by atoms with Gasteiger partial charge >= 0.3 is 0 Å². The van der Waals surface area contributed by atoms with E-state index in [1.807, 2.05) is 43.3 Å². The number of rotatable bonds is 7. The van der Waals surface area contributed by atoms with Gasteiger partial charge in [0.2, 0.25) is 5.78 Å². The Morgan fingerprint density at radius 1 is 0.905 bits per heavy atom. The molecule has 0 unspecified atom stereocenters. The molecular formula is C18H20O3. The summed E-state index contributed by atoms with van der Waals surface area (Å²) in [6.45, 7) is 4.51.